The molecule has 0 aliphatic carbocycles. The van der Waals surface area contributed by atoms with Gasteiger partial charge in [0.1, 0.15) is 0 Å². The first-order chi connectivity index (χ1) is 10.3. The highest BCUT2D eigenvalue weighted by Gasteiger charge is 2.36. The number of isocyanates is 2. The quantitative estimate of drug-likeness (QED) is 0.301. The van der Waals surface area contributed by atoms with Crippen LogP contribution < -0.4 is 0 Å². The van der Waals surface area contributed by atoms with Crippen molar-refractivity contribution in [3.05, 3.63) is 0 Å². The first-order valence-corrected chi connectivity index (χ1v) is 10.0. The van der Waals surface area contributed by atoms with E-state index in [0.717, 1.165) is 19.3 Å². The molecule has 0 heterocycles. The predicted molar refractivity (Wildman–Crippen MR) is 102 cm³/mol. The third-order valence-corrected chi connectivity index (χ3v) is 7.90. The van der Waals surface area contributed by atoms with E-state index in [2.05, 4.69) is 37.7 Å². The van der Waals surface area contributed by atoms with Gasteiger partial charge in [-0.1, -0.05) is 28.5 Å². The summed E-state index contributed by atoms with van der Waals surface area (Å²) in [5.41, 5.74) is -0.826. The van der Waals surface area contributed by atoms with Crippen molar-refractivity contribution in [2.75, 3.05) is 0 Å². The van der Waals surface area contributed by atoms with Crippen molar-refractivity contribution in [1.29, 1.82) is 0 Å². The Morgan fingerprint density at radius 3 is 1.61 bits per heavy atom. The summed E-state index contributed by atoms with van der Waals surface area (Å²) >= 11 is 0. The Bertz CT molecular complexity index is 491. The average molecular weight is 359 g/mol. The third kappa shape index (κ3) is 9.36. The molecule has 23 heavy (non-hydrogen) atoms. The first kappa shape index (κ1) is 22.5. The van der Waals surface area contributed by atoms with E-state index in [1.807, 2.05) is 49.3 Å². The number of hydrogen-bond donors (Lipinski definition) is 0. The van der Waals surface area contributed by atoms with Crippen LogP contribution >= 0.6 is 21.6 Å². The highest BCUT2D eigenvalue weighted by Crippen LogP contribution is 2.50. The third-order valence-electron chi connectivity index (χ3n) is 3.58. The van der Waals surface area contributed by atoms with Gasteiger partial charge >= 0.3 is 0 Å². The zero-order valence-electron chi connectivity index (χ0n) is 15.6. The van der Waals surface area contributed by atoms with Crippen molar-refractivity contribution in [2.24, 2.45) is 9.98 Å². The monoisotopic (exact) mass is 358 g/mol. The average Bonchev–Trinajstić information content (AvgIpc) is 2.34. The van der Waals surface area contributed by atoms with Crippen LogP contribution in [0, 0.1) is 0 Å². The fraction of sp³-hybridized carbons (Fsp3) is 0.882. The molecule has 0 aromatic rings. The Balaban J connectivity index is 4.94. The van der Waals surface area contributed by atoms with Crippen LogP contribution in [0.15, 0.2) is 9.98 Å². The largest absolute Gasteiger partial charge is 0.235 e. The Labute approximate surface area is 148 Å². The summed E-state index contributed by atoms with van der Waals surface area (Å²) in [6.07, 6.45) is 5.91. The Kier molecular flexibility index (Phi) is 8.33. The van der Waals surface area contributed by atoms with Crippen LogP contribution in [0.2, 0.25) is 0 Å². The van der Waals surface area contributed by atoms with E-state index < -0.39 is 11.1 Å². The molecule has 0 spiro atoms. The second kappa shape index (κ2) is 8.53. The second-order valence-electron chi connectivity index (χ2n) is 8.11. The summed E-state index contributed by atoms with van der Waals surface area (Å²) in [7, 11) is 3.64. The zero-order valence-corrected chi connectivity index (χ0v) is 17.3. The lowest BCUT2D eigenvalue weighted by molar-refractivity contribution is 0.402. The van der Waals surface area contributed by atoms with E-state index in [9.17, 15) is 9.59 Å². The normalized spacial score (nSPS) is 15.3. The van der Waals surface area contributed by atoms with E-state index in [1.165, 1.54) is 0 Å². The lowest BCUT2D eigenvalue weighted by atomic mass is 9.90. The molecule has 1 unspecified atom stereocenters. The van der Waals surface area contributed by atoms with Crippen LogP contribution in [0.1, 0.15) is 74.7 Å². The van der Waals surface area contributed by atoms with E-state index in [4.69, 9.17) is 0 Å². The van der Waals surface area contributed by atoms with Gasteiger partial charge in [-0.05, 0) is 67.7 Å². The van der Waals surface area contributed by atoms with Gasteiger partial charge in [-0.25, -0.2) is 9.59 Å². The number of nitrogens with zero attached hydrogens (tertiary/aromatic N) is 2. The number of hydrogen-bond acceptors (Lipinski definition) is 6. The predicted octanol–water partition coefficient (Wildman–Crippen LogP) is 5.32. The van der Waals surface area contributed by atoms with E-state index in [1.54, 1.807) is 12.2 Å². The molecule has 4 nitrogen and oxygen atoms in total. The van der Waals surface area contributed by atoms with Crippen LogP contribution in [-0.2, 0) is 9.59 Å². The van der Waals surface area contributed by atoms with Crippen molar-refractivity contribution < 1.29 is 9.59 Å². The number of carbonyl (C=O) groups excluding carboxylic acids is 2. The minimum Gasteiger partial charge on any atom is -0.211 e. The van der Waals surface area contributed by atoms with Crippen molar-refractivity contribution in [2.45, 2.75) is 95.2 Å². The standard InChI is InChI=1S/C17H30N2O2S2/c1-9-17(8,11-15(4,5)19-13-21)23-22-16(6,7)10-14(2,3)18-12-20/h9-11H2,1-8H3. The van der Waals surface area contributed by atoms with Crippen LogP contribution in [0.25, 0.3) is 0 Å². The molecular weight excluding hydrogens is 328 g/mol. The van der Waals surface area contributed by atoms with Crippen LogP contribution in [0.3, 0.4) is 0 Å². The van der Waals surface area contributed by atoms with Crippen LogP contribution in [0.4, 0.5) is 0 Å². The molecule has 0 saturated heterocycles. The highest BCUT2D eigenvalue weighted by molar-refractivity contribution is 8.77. The smallest absolute Gasteiger partial charge is 0.211 e. The van der Waals surface area contributed by atoms with Gasteiger partial charge in [0.15, 0.2) is 0 Å². The second-order valence-corrected chi connectivity index (χ2v) is 11.5. The van der Waals surface area contributed by atoms with Gasteiger partial charge in [-0.3, -0.25) is 0 Å². The van der Waals surface area contributed by atoms with Crippen molar-refractivity contribution in [3.8, 4) is 0 Å². The minimum absolute atomic E-state index is 0.00383. The highest BCUT2D eigenvalue weighted by atomic mass is 33.1. The van der Waals surface area contributed by atoms with Gasteiger partial charge in [0.05, 0.1) is 11.1 Å². The maximum Gasteiger partial charge on any atom is 0.235 e. The van der Waals surface area contributed by atoms with Gasteiger partial charge in [0.25, 0.3) is 0 Å². The maximum atomic E-state index is 10.6. The van der Waals surface area contributed by atoms with Crippen molar-refractivity contribution >= 4 is 33.7 Å². The minimum atomic E-state index is -0.414. The molecule has 0 fully saturated rings. The van der Waals surface area contributed by atoms with Gasteiger partial charge in [0.2, 0.25) is 12.2 Å². The molecule has 0 bridgehead atoms. The Morgan fingerprint density at radius 2 is 1.22 bits per heavy atom. The molecule has 0 aromatic carbocycles. The molecule has 0 aliphatic rings. The van der Waals surface area contributed by atoms with Gasteiger partial charge in [-0.15, -0.1) is 0 Å². The van der Waals surface area contributed by atoms with Gasteiger partial charge in [0, 0.05) is 9.49 Å². The molecule has 0 rings (SSSR count). The summed E-state index contributed by atoms with van der Waals surface area (Å²) in [5.74, 6) is 0. The molecule has 0 saturated carbocycles. The molecule has 0 radical (unpaired) electrons. The van der Waals surface area contributed by atoms with Crippen LogP contribution in [0.5, 0.6) is 0 Å². The fourth-order valence-electron chi connectivity index (χ4n) is 2.74. The summed E-state index contributed by atoms with van der Waals surface area (Å²) < 4.78 is -0.0348. The molecule has 0 aliphatic heterocycles. The maximum absolute atomic E-state index is 10.6. The number of aliphatic imine (C=N–C) groups is 2. The Hall–Kier alpha value is -0.540. The summed E-state index contributed by atoms with van der Waals surface area (Å²) in [6, 6.07) is 0. The molecule has 0 aromatic heterocycles. The molecular formula is C17H30N2O2S2. The SMILES string of the molecule is CCC(C)(CC(C)(C)N=C=O)SSC(C)(C)CC(C)(C)N=C=O. The fourth-order valence-corrected chi connectivity index (χ4v) is 6.10. The van der Waals surface area contributed by atoms with Gasteiger partial charge in [-0.2, -0.15) is 9.98 Å². The first-order valence-electron chi connectivity index (χ1n) is 7.85. The Morgan fingerprint density at radius 1 is 0.783 bits per heavy atom. The van der Waals surface area contributed by atoms with E-state index in [-0.39, 0.29) is 9.49 Å². The summed E-state index contributed by atoms with van der Waals surface area (Å²) in [6.45, 7) is 16.5. The molecule has 6 heteroatoms. The molecule has 132 valence electrons. The van der Waals surface area contributed by atoms with E-state index in [0.29, 0.717) is 0 Å². The number of rotatable bonds is 10. The lowest BCUT2D eigenvalue weighted by Gasteiger charge is -2.37. The van der Waals surface area contributed by atoms with Gasteiger partial charge < -0.3 is 0 Å². The zero-order chi connectivity index (χ0) is 18.4. The van der Waals surface area contributed by atoms with E-state index >= 15 is 0 Å². The molecule has 1 atom stereocenters. The summed E-state index contributed by atoms with van der Waals surface area (Å²) in [4.78, 5) is 29.0. The molecule has 0 N–H and O–H groups in total. The van der Waals surface area contributed by atoms with Crippen molar-refractivity contribution in [3.63, 3.8) is 0 Å². The summed E-state index contributed by atoms with van der Waals surface area (Å²) in [5, 5.41) is 0. The van der Waals surface area contributed by atoms with Crippen molar-refractivity contribution in [1.82, 2.24) is 0 Å². The molecule has 0 amide bonds. The van der Waals surface area contributed by atoms with Crippen LogP contribution in [-0.4, -0.2) is 32.7 Å². The topological polar surface area (TPSA) is 58.9 Å². The lowest BCUT2D eigenvalue weighted by Crippen LogP contribution is -2.33.